The first-order chi connectivity index (χ1) is 9.20. The maximum Gasteiger partial charge on any atom is 0.263 e. The van der Waals surface area contributed by atoms with Gasteiger partial charge in [0.2, 0.25) is 0 Å². The molecule has 0 unspecified atom stereocenters. The predicted molar refractivity (Wildman–Crippen MR) is 78.4 cm³/mol. The molecule has 1 amide bonds. The number of carbonyl (C=O) groups is 1. The van der Waals surface area contributed by atoms with Crippen molar-refractivity contribution in [3.63, 3.8) is 0 Å². The zero-order chi connectivity index (χ0) is 13.7. The molecule has 0 radical (unpaired) electrons. The van der Waals surface area contributed by atoms with E-state index in [9.17, 15) is 4.79 Å². The van der Waals surface area contributed by atoms with Crippen LogP contribution in [0.1, 0.15) is 20.1 Å². The minimum atomic E-state index is -0.137. The van der Waals surface area contributed by atoms with Crippen molar-refractivity contribution < 1.29 is 9.90 Å². The molecule has 2 heterocycles. The number of hydrogen-bond acceptors (Lipinski definition) is 4. The fraction of sp³-hybridized carbons (Fsp3) is 0.214. The fourth-order valence-corrected chi connectivity index (χ4v) is 3.15. The minimum absolute atomic E-state index is 0.0337. The number of thiophene rings is 2. The molecule has 1 N–H and O–H groups in total. The number of amides is 1. The smallest absolute Gasteiger partial charge is 0.263 e. The number of carbonyl (C=O) groups excluding carboxylic acids is 1. The summed E-state index contributed by atoms with van der Waals surface area (Å²) in [7, 11) is 1.79. The first kappa shape index (κ1) is 13.8. The van der Waals surface area contributed by atoms with Crippen LogP contribution in [-0.2, 0) is 6.54 Å². The highest BCUT2D eigenvalue weighted by molar-refractivity contribution is 7.12. The minimum Gasteiger partial charge on any atom is -0.384 e. The number of aliphatic hydroxyl groups is 1. The van der Waals surface area contributed by atoms with Crippen LogP contribution in [0.2, 0.25) is 0 Å². The van der Waals surface area contributed by atoms with Crippen LogP contribution in [0.3, 0.4) is 0 Å². The van der Waals surface area contributed by atoms with Crippen LogP contribution in [0, 0.1) is 11.8 Å². The number of hydrogen-bond donors (Lipinski definition) is 1. The van der Waals surface area contributed by atoms with E-state index in [0.717, 1.165) is 15.3 Å². The van der Waals surface area contributed by atoms with Crippen LogP contribution in [-0.4, -0.2) is 29.6 Å². The molecule has 5 heteroatoms. The van der Waals surface area contributed by atoms with E-state index >= 15 is 0 Å². The summed E-state index contributed by atoms with van der Waals surface area (Å²) < 4.78 is 0. The highest BCUT2D eigenvalue weighted by Gasteiger charge is 2.13. The van der Waals surface area contributed by atoms with E-state index < -0.39 is 0 Å². The molecule has 0 aromatic carbocycles. The molecule has 0 bridgehead atoms. The Morgan fingerprint density at radius 2 is 2.32 bits per heavy atom. The van der Waals surface area contributed by atoms with Crippen LogP contribution in [0.15, 0.2) is 29.0 Å². The molecule has 2 aromatic heterocycles. The van der Waals surface area contributed by atoms with E-state index in [1.54, 1.807) is 23.3 Å². The summed E-state index contributed by atoms with van der Waals surface area (Å²) in [6.45, 7) is 0.435. The Bertz CT molecular complexity index is 605. The number of rotatable bonds is 3. The maximum atomic E-state index is 12.1. The molecule has 98 valence electrons. The van der Waals surface area contributed by atoms with Crippen molar-refractivity contribution in [3.05, 3.63) is 44.3 Å². The Morgan fingerprint density at radius 3 is 3.00 bits per heavy atom. The van der Waals surface area contributed by atoms with Crippen molar-refractivity contribution in [2.75, 3.05) is 13.7 Å². The van der Waals surface area contributed by atoms with Gasteiger partial charge in [-0.3, -0.25) is 4.79 Å². The molecular weight excluding hydrogens is 278 g/mol. The van der Waals surface area contributed by atoms with Gasteiger partial charge in [0.1, 0.15) is 6.61 Å². The molecule has 3 nitrogen and oxygen atoms in total. The summed E-state index contributed by atoms with van der Waals surface area (Å²) in [4.78, 5) is 15.6. The molecule has 2 aromatic rings. The van der Waals surface area contributed by atoms with Gasteiger partial charge in [-0.05, 0) is 17.5 Å². The molecule has 0 fully saturated rings. The van der Waals surface area contributed by atoms with Crippen LogP contribution >= 0.6 is 22.7 Å². The van der Waals surface area contributed by atoms with Crippen molar-refractivity contribution in [1.82, 2.24) is 4.90 Å². The van der Waals surface area contributed by atoms with Gasteiger partial charge in [0, 0.05) is 22.9 Å². The van der Waals surface area contributed by atoms with E-state index in [1.165, 1.54) is 11.3 Å². The average Bonchev–Trinajstić information content (AvgIpc) is 3.06. The second kappa shape index (κ2) is 6.53. The quantitative estimate of drug-likeness (QED) is 0.882. The fourth-order valence-electron chi connectivity index (χ4n) is 1.56. The molecule has 0 aliphatic heterocycles. The largest absolute Gasteiger partial charge is 0.384 e. The Labute approximate surface area is 120 Å². The molecule has 0 saturated heterocycles. The summed E-state index contributed by atoms with van der Waals surface area (Å²) >= 11 is 3.02. The number of aliphatic hydroxyl groups excluding tert-OH is 1. The summed E-state index contributed by atoms with van der Waals surface area (Å²) in [5.41, 5.74) is 0.881. The molecule has 19 heavy (non-hydrogen) atoms. The lowest BCUT2D eigenvalue weighted by molar-refractivity contribution is 0.0791. The molecule has 0 spiro atoms. The van der Waals surface area contributed by atoms with Crippen LogP contribution in [0.4, 0.5) is 0 Å². The number of nitrogens with zero attached hydrogens (tertiary/aromatic N) is 1. The third-order valence-electron chi connectivity index (χ3n) is 2.44. The third-order valence-corrected chi connectivity index (χ3v) is 4.22. The lowest BCUT2D eigenvalue weighted by atomic mass is 10.3. The van der Waals surface area contributed by atoms with E-state index in [2.05, 4.69) is 11.8 Å². The van der Waals surface area contributed by atoms with Crippen molar-refractivity contribution in [2.45, 2.75) is 6.54 Å². The first-order valence-corrected chi connectivity index (χ1v) is 7.42. The lowest BCUT2D eigenvalue weighted by Gasteiger charge is -2.14. The van der Waals surface area contributed by atoms with Crippen LogP contribution in [0.25, 0.3) is 0 Å². The lowest BCUT2D eigenvalue weighted by Crippen LogP contribution is -2.24. The molecule has 0 aliphatic rings. The van der Waals surface area contributed by atoms with Crippen LogP contribution < -0.4 is 0 Å². The Kier molecular flexibility index (Phi) is 4.74. The first-order valence-electron chi connectivity index (χ1n) is 5.67. The molecule has 0 atom stereocenters. The van der Waals surface area contributed by atoms with E-state index in [4.69, 9.17) is 5.11 Å². The van der Waals surface area contributed by atoms with Gasteiger partial charge in [0.15, 0.2) is 0 Å². The Balaban J connectivity index is 2.01. The second-order valence-corrected chi connectivity index (χ2v) is 5.84. The van der Waals surface area contributed by atoms with Gasteiger partial charge in [-0.15, -0.1) is 22.7 Å². The van der Waals surface area contributed by atoms with Gasteiger partial charge in [0.25, 0.3) is 5.91 Å². The standard InChI is InChI=1S/C14H13NO2S2/c1-15(14(17)13-5-3-7-18-13)9-12-8-11(10-19-12)4-2-6-16/h3,5,7-8,10,16H,6,9H2,1H3. The summed E-state index contributed by atoms with van der Waals surface area (Å²) in [6, 6.07) is 5.65. The Hall–Kier alpha value is -1.61. The van der Waals surface area contributed by atoms with Gasteiger partial charge >= 0.3 is 0 Å². The van der Waals surface area contributed by atoms with Gasteiger partial charge < -0.3 is 10.0 Å². The zero-order valence-corrected chi connectivity index (χ0v) is 12.1. The van der Waals surface area contributed by atoms with E-state index in [0.29, 0.717) is 6.54 Å². The van der Waals surface area contributed by atoms with Gasteiger partial charge in [-0.2, -0.15) is 0 Å². The SMILES string of the molecule is CN(Cc1cc(C#CCO)cs1)C(=O)c1cccs1. The van der Waals surface area contributed by atoms with Crippen molar-refractivity contribution in [2.24, 2.45) is 0 Å². The van der Waals surface area contributed by atoms with E-state index in [-0.39, 0.29) is 12.5 Å². The molecule has 0 saturated carbocycles. The highest BCUT2D eigenvalue weighted by Crippen LogP contribution is 2.18. The molecule has 2 rings (SSSR count). The van der Waals surface area contributed by atoms with Crippen molar-refractivity contribution >= 4 is 28.6 Å². The third kappa shape index (κ3) is 3.67. The summed E-state index contributed by atoms with van der Waals surface area (Å²) in [6.07, 6.45) is 0. The van der Waals surface area contributed by atoms with Crippen molar-refractivity contribution in [1.29, 1.82) is 0 Å². The van der Waals surface area contributed by atoms with Crippen LogP contribution in [0.5, 0.6) is 0 Å². The predicted octanol–water partition coefficient (Wildman–Crippen LogP) is 2.43. The van der Waals surface area contributed by atoms with Crippen molar-refractivity contribution in [3.8, 4) is 11.8 Å². The van der Waals surface area contributed by atoms with Gasteiger partial charge in [-0.1, -0.05) is 17.9 Å². The summed E-state index contributed by atoms with van der Waals surface area (Å²) in [5, 5.41) is 12.5. The molecule has 0 aliphatic carbocycles. The van der Waals surface area contributed by atoms with E-state index in [1.807, 2.05) is 29.0 Å². The topological polar surface area (TPSA) is 40.5 Å². The molecular formula is C14H13NO2S2. The maximum absolute atomic E-state index is 12.1. The summed E-state index contributed by atoms with van der Waals surface area (Å²) in [5.74, 6) is 5.50. The highest BCUT2D eigenvalue weighted by atomic mass is 32.1. The van der Waals surface area contributed by atoms with Gasteiger partial charge in [-0.25, -0.2) is 0 Å². The second-order valence-electron chi connectivity index (χ2n) is 3.90. The average molecular weight is 291 g/mol. The normalized spacial score (nSPS) is 9.79. The monoisotopic (exact) mass is 291 g/mol. The Morgan fingerprint density at radius 1 is 1.47 bits per heavy atom. The van der Waals surface area contributed by atoms with Gasteiger partial charge in [0.05, 0.1) is 11.4 Å². The zero-order valence-electron chi connectivity index (χ0n) is 10.4.